The first-order chi connectivity index (χ1) is 58.9. The lowest BCUT2D eigenvalue weighted by molar-refractivity contribution is -0.149. The summed E-state index contributed by atoms with van der Waals surface area (Å²) >= 11 is 4.31. The molecular formula is C83H88F4N12O23S4. The van der Waals surface area contributed by atoms with Gasteiger partial charge in [-0.05, 0) is 160 Å². The molecule has 0 spiro atoms. The van der Waals surface area contributed by atoms with Gasteiger partial charge in [0.05, 0.1) is 18.4 Å². The molecule has 0 unspecified atom stereocenters. The number of carboxylic acids is 5. The Morgan fingerprint density at radius 3 is 1.10 bits per heavy atom. The molecule has 0 saturated heterocycles. The fourth-order valence-corrected chi connectivity index (χ4v) is 15.9. The number of esters is 4. The predicted molar refractivity (Wildman–Crippen MR) is 453 cm³/mol. The second kappa shape index (κ2) is 44.4. The smallest absolute Gasteiger partial charge is 0.353 e. The van der Waals surface area contributed by atoms with E-state index >= 15 is 0 Å². The zero-order valence-corrected chi connectivity index (χ0v) is 71.3. The van der Waals surface area contributed by atoms with Crippen molar-refractivity contribution in [1.29, 1.82) is 21.6 Å². The molecule has 1 saturated carbocycles. The van der Waals surface area contributed by atoms with Gasteiger partial charge in [-0.2, -0.15) is 0 Å². The second-order valence-electron chi connectivity index (χ2n) is 29.8. The molecule has 1 aliphatic rings. The molecule has 0 aliphatic heterocycles. The third kappa shape index (κ3) is 29.1. The van der Waals surface area contributed by atoms with E-state index in [0.29, 0.717) is 32.4 Å². The molecule has 126 heavy (non-hydrogen) atoms. The number of nitrogen functional groups attached to an aromatic ring is 4. The van der Waals surface area contributed by atoms with Gasteiger partial charge in [0.1, 0.15) is 68.0 Å². The molecule has 4 heterocycles. The van der Waals surface area contributed by atoms with E-state index in [1.54, 1.807) is 65.8 Å². The third-order valence-electron chi connectivity index (χ3n) is 18.3. The quantitative estimate of drug-likeness (QED) is 0.00431. The van der Waals surface area contributed by atoms with Gasteiger partial charge in [-0.3, -0.25) is 55.2 Å². The van der Waals surface area contributed by atoms with Gasteiger partial charge in [0.25, 0.3) is 0 Å². The van der Waals surface area contributed by atoms with Crippen molar-refractivity contribution in [2.75, 3.05) is 26.2 Å². The van der Waals surface area contributed by atoms with Crippen LogP contribution in [0.5, 0.6) is 23.0 Å². The molecule has 4 aromatic heterocycles. The molecule has 35 nitrogen and oxygen atoms in total. The van der Waals surface area contributed by atoms with Crippen LogP contribution < -0.4 is 57.8 Å². The Balaban J connectivity index is 0.000000260. The number of aliphatic carboxylic acids is 5. The van der Waals surface area contributed by atoms with E-state index in [9.17, 15) is 85.0 Å². The number of rotatable bonds is 37. The average molecular weight is 1830 g/mol. The van der Waals surface area contributed by atoms with Crippen molar-refractivity contribution in [3.63, 3.8) is 0 Å². The van der Waals surface area contributed by atoms with E-state index < -0.39 is 155 Å². The number of nitrogens with one attached hydrogen (secondary N) is 7. The molecule has 21 N–H and O–H groups in total. The van der Waals surface area contributed by atoms with Crippen LogP contribution in [0.2, 0.25) is 0 Å². The lowest BCUT2D eigenvalue weighted by Gasteiger charge is -2.40. The number of aliphatic hydroxyl groups excluding tert-OH is 1. The molecule has 8 aromatic rings. The monoisotopic (exact) mass is 1820 g/mol. The largest absolute Gasteiger partial charge is 0.481 e. The van der Waals surface area contributed by atoms with Crippen molar-refractivity contribution >= 4 is 146 Å². The van der Waals surface area contributed by atoms with E-state index in [-0.39, 0.29) is 126 Å². The second-order valence-corrected chi connectivity index (χ2v) is 34.5. The van der Waals surface area contributed by atoms with Crippen LogP contribution in [0, 0.1) is 66.6 Å². The zero-order chi connectivity index (χ0) is 94.2. The minimum atomic E-state index is -1.54. The number of amidine groups is 4. The zero-order valence-electron chi connectivity index (χ0n) is 68.0. The molecular weight excluding hydrogens is 1740 g/mol. The summed E-state index contributed by atoms with van der Waals surface area (Å²) < 4.78 is 76.7. The standard InChI is InChI=1S/C22H22FN3O7S.C22H24FN3O5S.C20H22FN3O6S.C19H20FN3O5S/c23-13-8-11(18(24)25)2-4-15(13)33-20(31)16-5-3-12(34-16)10-22(6-1-7-22)21(32)26-14(19(29)30)9-17(27)28;1-4-9-26(12-18(27)28)21(30)22(2,3)11-14-6-8-17(32-14)20(29)31-16-7-5-13(19(24)25)10-15(16)23;1-20(2,19(29)24-13(9-25)17(26)27)8-11-4-6-15(31-11)18(28)30-14-5-3-10(16(22)23)7-12(14)21;1-19(2,18(27)23-9-15(24)25)8-11-4-6-14(29-11)17(26)28-13-5-3-10(16(21)22)7-12(13)20/h2-5,8,14H,1,6-7,9-10H2,(H3,24,25)(H,26,32)(H,27,28)(H,29,30);4-8,10H,1,9,11-12H2,2-3H3,(H3,24,25)(H,27,28);3-7,13,25H,8-9H2,1-2H3,(H3,22,23)(H,24,29)(H,26,27);3-7H,8-9H2,1-2H3,(H3,21,22)(H,23,27)(H,24,25)/t14-;;13-;/m0.0./s1. The number of nitrogens with zero attached hydrogens (tertiary/aromatic N) is 1. The maximum atomic E-state index is 14.1. The van der Waals surface area contributed by atoms with Crippen molar-refractivity contribution in [2.24, 2.45) is 44.6 Å². The molecule has 4 aromatic carbocycles. The minimum absolute atomic E-state index is 0.102. The SMILES string of the molecule is C=CCN(CC(=O)O)C(=O)C(C)(C)Cc1ccc(C(=O)Oc2ccc(C(=N)N)cc2F)s1.CC(C)(Cc1ccc(C(=O)Oc2ccc(C(=N)N)cc2F)s1)C(=O)NCC(=O)O.CC(C)(Cc1ccc(C(=O)Oc2ccc(C(=N)N)cc2F)s1)C(=O)N[C@@H](CO)C(=O)O.N=C(N)c1ccc(OC(=O)c2ccc(CC3(C(=O)N[C@@H](CC(=O)O)C(=O)O)CCC3)s2)c(F)c1. The number of carbonyl (C=O) groups excluding carboxylic acids is 8. The molecule has 4 amide bonds. The Morgan fingerprint density at radius 2 is 0.810 bits per heavy atom. The number of halogens is 4. The van der Waals surface area contributed by atoms with Gasteiger partial charge >= 0.3 is 53.7 Å². The maximum absolute atomic E-state index is 14.1. The third-order valence-corrected chi connectivity index (χ3v) is 22.6. The normalized spacial score (nSPS) is 12.3. The molecule has 9 rings (SSSR count). The van der Waals surface area contributed by atoms with Gasteiger partial charge in [0.15, 0.2) is 46.3 Å². The minimum Gasteiger partial charge on any atom is -0.481 e. The molecule has 670 valence electrons. The molecule has 0 radical (unpaired) electrons. The Morgan fingerprint density at radius 1 is 0.476 bits per heavy atom. The van der Waals surface area contributed by atoms with Crippen LogP contribution in [0.15, 0.2) is 134 Å². The van der Waals surface area contributed by atoms with Crippen LogP contribution in [-0.2, 0) is 68.8 Å². The van der Waals surface area contributed by atoms with Gasteiger partial charge in [0, 0.05) is 64.6 Å². The first kappa shape index (κ1) is 101. The highest BCUT2D eigenvalue weighted by Crippen LogP contribution is 2.45. The van der Waals surface area contributed by atoms with Crippen LogP contribution >= 0.6 is 45.3 Å². The van der Waals surface area contributed by atoms with Gasteiger partial charge < -0.3 is 93.4 Å². The molecule has 0 bridgehead atoms. The highest BCUT2D eigenvalue weighted by atomic mass is 32.1. The van der Waals surface area contributed by atoms with Crippen molar-refractivity contribution in [2.45, 2.75) is 105 Å². The highest BCUT2D eigenvalue weighted by Gasteiger charge is 2.46. The van der Waals surface area contributed by atoms with Gasteiger partial charge in [-0.25, -0.2) is 46.3 Å². The maximum Gasteiger partial charge on any atom is 0.353 e. The lowest BCUT2D eigenvalue weighted by Crippen LogP contribution is -2.52. The fraction of sp³-hybridized carbons (Fsp3) is 0.289. The topological polar surface area (TPSA) is 619 Å². The van der Waals surface area contributed by atoms with Crippen LogP contribution in [0.1, 0.15) is 148 Å². The number of amides is 4. The predicted octanol–water partition coefficient (Wildman–Crippen LogP) is 8.89. The first-order valence-electron chi connectivity index (χ1n) is 37.2. The van der Waals surface area contributed by atoms with E-state index in [1.165, 1.54) is 83.8 Å². The Bertz CT molecular complexity index is 5540. The fourth-order valence-electron chi connectivity index (χ4n) is 11.5. The van der Waals surface area contributed by atoms with Crippen molar-refractivity contribution < 1.29 is 129 Å². The number of aliphatic hydroxyl groups is 1. The molecule has 43 heteroatoms. The summed E-state index contributed by atoms with van der Waals surface area (Å²) in [6, 6.07) is 23.9. The summed E-state index contributed by atoms with van der Waals surface area (Å²) in [5, 5.41) is 89.9. The Kier molecular flexibility index (Phi) is 35.6. The summed E-state index contributed by atoms with van der Waals surface area (Å²) in [6.07, 6.45) is 3.41. The van der Waals surface area contributed by atoms with E-state index in [0.717, 1.165) is 76.0 Å². The van der Waals surface area contributed by atoms with E-state index in [4.69, 9.17) is 89.1 Å². The van der Waals surface area contributed by atoms with E-state index in [1.807, 2.05) is 0 Å². The molecule has 1 aliphatic carbocycles. The number of hydrogen-bond donors (Lipinski definition) is 17. The summed E-state index contributed by atoms with van der Waals surface area (Å²) in [5.41, 5.74) is 18.1. The van der Waals surface area contributed by atoms with Crippen molar-refractivity contribution in [3.05, 3.63) is 219 Å². The van der Waals surface area contributed by atoms with Crippen molar-refractivity contribution in [3.8, 4) is 23.0 Å². The lowest BCUT2D eigenvalue weighted by atomic mass is 9.65. The van der Waals surface area contributed by atoms with E-state index in [2.05, 4.69) is 22.5 Å². The van der Waals surface area contributed by atoms with Crippen LogP contribution in [0.4, 0.5) is 17.6 Å². The summed E-state index contributed by atoms with van der Waals surface area (Å²) in [4.78, 5) is 159. The van der Waals surface area contributed by atoms with Gasteiger partial charge in [0.2, 0.25) is 23.6 Å². The summed E-state index contributed by atoms with van der Waals surface area (Å²) in [5.74, 6) is -17.2. The highest BCUT2D eigenvalue weighted by molar-refractivity contribution is 7.15. The number of benzene rings is 4. The molecule has 2 atom stereocenters. The average Bonchev–Trinajstić information content (AvgIpc) is 1.10. The summed E-state index contributed by atoms with van der Waals surface area (Å²) in [6.45, 7) is 11.9. The Hall–Kier alpha value is -13.9. The van der Waals surface area contributed by atoms with Gasteiger partial charge in [-0.15, -0.1) is 51.9 Å². The first-order valence-corrected chi connectivity index (χ1v) is 40.5. The number of carbonyl (C=O) groups is 13. The van der Waals surface area contributed by atoms with Gasteiger partial charge in [-0.1, -0.05) is 54.0 Å². The number of hydrogen-bond acceptors (Lipinski definition) is 26. The number of carboxylic acid groups (broad SMARTS) is 5. The Labute approximate surface area is 731 Å². The van der Waals surface area contributed by atoms with Crippen LogP contribution in [0.3, 0.4) is 0 Å². The van der Waals surface area contributed by atoms with Crippen LogP contribution in [-0.4, -0.2) is 175 Å². The van der Waals surface area contributed by atoms with Crippen LogP contribution in [0.25, 0.3) is 0 Å². The number of ether oxygens (including phenoxy) is 4. The van der Waals surface area contributed by atoms with Crippen molar-refractivity contribution in [1.82, 2.24) is 20.9 Å². The summed E-state index contributed by atoms with van der Waals surface area (Å²) in [7, 11) is 0. The number of nitrogens with two attached hydrogens (primary N) is 4. The number of thiophene rings is 4. The molecule has 1 fully saturated rings.